The predicted octanol–water partition coefficient (Wildman–Crippen LogP) is 2.29. The normalized spacial score (nSPS) is 24.3. The second kappa shape index (κ2) is 3.85. The first-order chi connectivity index (χ1) is 8.39. The summed E-state index contributed by atoms with van der Waals surface area (Å²) in [5.74, 6) is 0. The first kappa shape index (κ1) is 12.2. The maximum absolute atomic E-state index is 6.08. The lowest BCUT2D eigenvalue weighted by atomic mass is 9.78. The highest BCUT2D eigenvalue weighted by Crippen LogP contribution is 2.36. The molecule has 1 fully saturated rings. The number of fused-ring (bicyclic) bond motifs is 1. The van der Waals surface area contributed by atoms with Gasteiger partial charge in [-0.25, -0.2) is 0 Å². The Balaban J connectivity index is 1.89. The fraction of sp³-hybridized carbons (Fsp3) is 0.533. The highest BCUT2D eigenvalue weighted by Gasteiger charge is 2.51. The van der Waals surface area contributed by atoms with E-state index in [1.807, 2.05) is 0 Å². The molecule has 1 aromatic rings. The van der Waals surface area contributed by atoms with Crippen LogP contribution in [0.5, 0.6) is 0 Å². The molecule has 0 atom stereocenters. The van der Waals surface area contributed by atoms with Crippen molar-refractivity contribution >= 4 is 12.6 Å². The molecular formula is C15H20BO2. The van der Waals surface area contributed by atoms with E-state index >= 15 is 0 Å². The molecule has 0 N–H and O–H groups in total. The van der Waals surface area contributed by atoms with Gasteiger partial charge in [0.15, 0.2) is 0 Å². The zero-order valence-corrected chi connectivity index (χ0v) is 11.6. The van der Waals surface area contributed by atoms with Gasteiger partial charge in [0, 0.05) is 0 Å². The van der Waals surface area contributed by atoms with Gasteiger partial charge in [-0.15, -0.1) is 0 Å². The molecule has 3 heteroatoms. The molecule has 1 aromatic carbocycles. The Labute approximate surface area is 110 Å². The smallest absolute Gasteiger partial charge is 0.399 e. The molecule has 1 aliphatic carbocycles. The van der Waals surface area contributed by atoms with E-state index in [2.05, 4.69) is 52.3 Å². The maximum atomic E-state index is 6.08. The number of rotatable bonds is 1. The van der Waals surface area contributed by atoms with Crippen molar-refractivity contribution in [1.82, 2.24) is 0 Å². The van der Waals surface area contributed by atoms with Crippen LogP contribution in [0.4, 0.5) is 0 Å². The van der Waals surface area contributed by atoms with Gasteiger partial charge >= 0.3 is 7.12 Å². The fourth-order valence-corrected chi connectivity index (χ4v) is 2.54. The van der Waals surface area contributed by atoms with Crippen molar-refractivity contribution in [3.05, 3.63) is 35.7 Å². The summed E-state index contributed by atoms with van der Waals surface area (Å²) in [6.45, 7) is 8.37. The Hall–Kier alpha value is -0.795. The summed E-state index contributed by atoms with van der Waals surface area (Å²) in [7, 11) is -0.235. The molecule has 0 unspecified atom stereocenters. The minimum atomic E-state index is -0.261. The summed E-state index contributed by atoms with van der Waals surface area (Å²) < 4.78 is 12.2. The Kier molecular flexibility index (Phi) is 2.62. The van der Waals surface area contributed by atoms with E-state index in [-0.39, 0.29) is 18.3 Å². The third-order valence-electron chi connectivity index (χ3n) is 4.48. The average molecular weight is 243 g/mol. The molecule has 1 aliphatic heterocycles. The van der Waals surface area contributed by atoms with Crippen LogP contribution in [0.1, 0.15) is 38.8 Å². The summed E-state index contributed by atoms with van der Waals surface area (Å²) in [6.07, 6.45) is 4.49. The summed E-state index contributed by atoms with van der Waals surface area (Å²) in [5.41, 5.74) is 3.48. The topological polar surface area (TPSA) is 18.5 Å². The van der Waals surface area contributed by atoms with Gasteiger partial charge in [-0.05, 0) is 63.5 Å². The van der Waals surface area contributed by atoms with E-state index in [4.69, 9.17) is 9.31 Å². The standard InChI is InChI=1S/C15H20BO2/c1-14(2)15(3,4)18-16(17-14)13-9-8-11-6-5-7-12(11)10-13/h5,8-10H,6-7H2,1-4H3. The summed E-state index contributed by atoms with van der Waals surface area (Å²) in [6, 6.07) is 6.58. The quantitative estimate of drug-likeness (QED) is 0.704. The summed E-state index contributed by atoms with van der Waals surface area (Å²) in [4.78, 5) is 0. The summed E-state index contributed by atoms with van der Waals surface area (Å²) in [5, 5.41) is 0. The van der Waals surface area contributed by atoms with Crippen LogP contribution < -0.4 is 5.46 Å². The molecule has 1 heterocycles. The molecule has 0 aromatic heterocycles. The van der Waals surface area contributed by atoms with Gasteiger partial charge < -0.3 is 9.31 Å². The molecule has 0 bridgehead atoms. The molecule has 2 nitrogen and oxygen atoms in total. The van der Waals surface area contributed by atoms with Crippen LogP contribution in [-0.4, -0.2) is 18.3 Å². The monoisotopic (exact) mass is 243 g/mol. The molecule has 2 aliphatic rings. The fourth-order valence-electron chi connectivity index (χ4n) is 2.54. The largest absolute Gasteiger partial charge is 0.494 e. The van der Waals surface area contributed by atoms with Crippen LogP contribution in [0.15, 0.2) is 18.2 Å². The molecule has 3 rings (SSSR count). The van der Waals surface area contributed by atoms with E-state index < -0.39 is 0 Å². The van der Waals surface area contributed by atoms with Crippen LogP contribution in [-0.2, 0) is 22.2 Å². The Morgan fingerprint density at radius 1 is 0.944 bits per heavy atom. The van der Waals surface area contributed by atoms with E-state index in [1.54, 1.807) is 0 Å². The van der Waals surface area contributed by atoms with Crippen molar-refractivity contribution in [2.24, 2.45) is 0 Å². The van der Waals surface area contributed by atoms with Crippen LogP contribution >= 0.6 is 0 Å². The van der Waals surface area contributed by atoms with Gasteiger partial charge in [-0.1, -0.05) is 18.2 Å². The predicted molar refractivity (Wildman–Crippen MR) is 73.9 cm³/mol. The number of hydrogen-bond acceptors (Lipinski definition) is 2. The molecule has 0 spiro atoms. The average Bonchev–Trinajstić information content (AvgIpc) is 2.80. The van der Waals surface area contributed by atoms with Crippen LogP contribution in [0.25, 0.3) is 0 Å². The molecule has 1 radical (unpaired) electrons. The van der Waals surface area contributed by atoms with E-state index in [9.17, 15) is 0 Å². The van der Waals surface area contributed by atoms with Gasteiger partial charge in [0.25, 0.3) is 0 Å². The van der Waals surface area contributed by atoms with Gasteiger partial charge in [0.2, 0.25) is 0 Å². The third-order valence-corrected chi connectivity index (χ3v) is 4.48. The Morgan fingerprint density at radius 2 is 1.56 bits per heavy atom. The zero-order valence-electron chi connectivity index (χ0n) is 11.6. The molecule has 18 heavy (non-hydrogen) atoms. The summed E-state index contributed by atoms with van der Waals surface area (Å²) >= 11 is 0. The van der Waals surface area contributed by atoms with E-state index in [0.717, 1.165) is 18.3 Å². The molecule has 0 amide bonds. The SMILES string of the molecule is CC1(C)OB(c2ccc3c(c2)C[CH]C3)OC1(C)C. The Morgan fingerprint density at radius 3 is 2.22 bits per heavy atom. The minimum Gasteiger partial charge on any atom is -0.399 e. The molecule has 1 saturated heterocycles. The van der Waals surface area contributed by atoms with Gasteiger partial charge in [0.1, 0.15) is 0 Å². The lowest BCUT2D eigenvalue weighted by Crippen LogP contribution is -2.41. The van der Waals surface area contributed by atoms with Crippen LogP contribution in [0.2, 0.25) is 0 Å². The van der Waals surface area contributed by atoms with Crippen molar-refractivity contribution in [3.8, 4) is 0 Å². The maximum Gasteiger partial charge on any atom is 0.494 e. The highest BCUT2D eigenvalue weighted by molar-refractivity contribution is 6.62. The first-order valence-corrected chi connectivity index (χ1v) is 6.68. The van der Waals surface area contributed by atoms with Gasteiger partial charge in [-0.3, -0.25) is 0 Å². The third kappa shape index (κ3) is 1.81. The van der Waals surface area contributed by atoms with Gasteiger partial charge in [-0.2, -0.15) is 0 Å². The minimum absolute atomic E-state index is 0.235. The number of hydrogen-bond donors (Lipinski definition) is 0. The van der Waals surface area contributed by atoms with E-state index in [1.165, 1.54) is 11.1 Å². The van der Waals surface area contributed by atoms with Crippen molar-refractivity contribution in [2.45, 2.75) is 51.7 Å². The molecule has 0 saturated carbocycles. The van der Waals surface area contributed by atoms with Crippen molar-refractivity contribution in [1.29, 1.82) is 0 Å². The van der Waals surface area contributed by atoms with Crippen LogP contribution in [0, 0.1) is 6.42 Å². The number of benzene rings is 1. The van der Waals surface area contributed by atoms with Crippen molar-refractivity contribution < 1.29 is 9.31 Å². The highest BCUT2D eigenvalue weighted by atomic mass is 16.7. The zero-order chi connectivity index (χ0) is 13.0. The van der Waals surface area contributed by atoms with Crippen LogP contribution in [0.3, 0.4) is 0 Å². The van der Waals surface area contributed by atoms with Gasteiger partial charge in [0.05, 0.1) is 11.2 Å². The van der Waals surface area contributed by atoms with Crippen molar-refractivity contribution in [2.75, 3.05) is 0 Å². The molecular weight excluding hydrogens is 223 g/mol. The second-order valence-corrected chi connectivity index (χ2v) is 6.31. The Bertz CT molecular complexity index is 463. The second-order valence-electron chi connectivity index (χ2n) is 6.31. The van der Waals surface area contributed by atoms with Crippen molar-refractivity contribution in [3.63, 3.8) is 0 Å². The first-order valence-electron chi connectivity index (χ1n) is 6.68. The lowest BCUT2D eigenvalue weighted by Gasteiger charge is -2.32. The van der Waals surface area contributed by atoms with E-state index in [0.29, 0.717) is 0 Å². The molecule has 95 valence electrons. The lowest BCUT2D eigenvalue weighted by molar-refractivity contribution is 0.00578.